The lowest BCUT2D eigenvalue weighted by molar-refractivity contribution is 0.280. The normalized spacial score (nSPS) is 10.6. The second-order valence-corrected chi connectivity index (χ2v) is 4.43. The monoisotopic (exact) mass is 281 g/mol. The molecular formula is C12H12BrNO2. The maximum absolute atomic E-state index is 8.71. The zero-order chi connectivity index (χ0) is 11.4. The van der Waals surface area contributed by atoms with E-state index >= 15 is 0 Å². The van der Waals surface area contributed by atoms with Gasteiger partial charge in [-0.15, -0.1) is 0 Å². The molecule has 0 radical (unpaired) electrons. The van der Waals surface area contributed by atoms with E-state index in [1.54, 1.807) is 0 Å². The van der Waals surface area contributed by atoms with Gasteiger partial charge in [-0.2, -0.15) is 0 Å². The van der Waals surface area contributed by atoms with Gasteiger partial charge >= 0.3 is 0 Å². The highest BCUT2D eigenvalue weighted by molar-refractivity contribution is 9.10. The van der Waals surface area contributed by atoms with Gasteiger partial charge in [0, 0.05) is 29.1 Å². The minimum atomic E-state index is 0.175. The fourth-order valence-corrected chi connectivity index (χ4v) is 1.71. The van der Waals surface area contributed by atoms with Gasteiger partial charge in [-0.1, -0.05) is 33.2 Å². The third kappa shape index (κ3) is 2.71. The summed E-state index contributed by atoms with van der Waals surface area (Å²) in [5.41, 5.74) is 1.86. The molecule has 0 fully saturated rings. The molecule has 2 rings (SSSR count). The Bertz CT molecular complexity index is 450. The molecule has 0 saturated carbocycles. The van der Waals surface area contributed by atoms with Crippen molar-refractivity contribution in [3.05, 3.63) is 40.6 Å². The summed E-state index contributed by atoms with van der Waals surface area (Å²) < 4.78 is 6.22. The average Bonchev–Trinajstić information content (AvgIpc) is 2.76. The van der Waals surface area contributed by atoms with Crippen LogP contribution in [0.1, 0.15) is 12.2 Å². The van der Waals surface area contributed by atoms with Crippen LogP contribution in [0.25, 0.3) is 11.3 Å². The molecule has 0 unspecified atom stereocenters. The van der Waals surface area contributed by atoms with Crippen molar-refractivity contribution in [2.75, 3.05) is 6.61 Å². The van der Waals surface area contributed by atoms with Crippen LogP contribution in [0.2, 0.25) is 0 Å². The van der Waals surface area contributed by atoms with E-state index in [1.165, 1.54) is 0 Å². The van der Waals surface area contributed by atoms with Crippen LogP contribution < -0.4 is 0 Å². The molecule has 1 N–H and O–H groups in total. The Labute approximate surface area is 102 Å². The minimum absolute atomic E-state index is 0.175. The number of aryl methyl sites for hydroxylation is 1. The first-order valence-corrected chi connectivity index (χ1v) is 5.91. The first-order valence-electron chi connectivity index (χ1n) is 5.12. The summed E-state index contributed by atoms with van der Waals surface area (Å²) in [4.78, 5) is 0. The SMILES string of the molecule is OCCCc1cc(-c2ccc(Br)cc2)no1. The fraction of sp³-hybridized carbons (Fsp3) is 0.250. The Morgan fingerprint density at radius 2 is 2.00 bits per heavy atom. The van der Waals surface area contributed by atoms with Crippen LogP contribution in [0.3, 0.4) is 0 Å². The lowest BCUT2D eigenvalue weighted by Gasteiger charge is -1.94. The molecule has 1 aromatic heterocycles. The second-order valence-electron chi connectivity index (χ2n) is 3.51. The van der Waals surface area contributed by atoms with Gasteiger partial charge in [0.15, 0.2) is 0 Å². The Balaban J connectivity index is 2.15. The number of aromatic nitrogens is 1. The lowest BCUT2D eigenvalue weighted by atomic mass is 10.1. The summed E-state index contributed by atoms with van der Waals surface area (Å²) in [5, 5.41) is 12.7. The number of hydrogen-bond donors (Lipinski definition) is 1. The summed E-state index contributed by atoms with van der Waals surface area (Å²) in [5.74, 6) is 0.812. The molecule has 2 aromatic rings. The molecule has 0 aliphatic heterocycles. The molecule has 0 aliphatic rings. The zero-order valence-electron chi connectivity index (χ0n) is 8.69. The average molecular weight is 282 g/mol. The summed E-state index contributed by atoms with van der Waals surface area (Å²) in [7, 11) is 0. The van der Waals surface area contributed by atoms with Crippen LogP contribution in [0, 0.1) is 0 Å². The van der Waals surface area contributed by atoms with Crippen molar-refractivity contribution >= 4 is 15.9 Å². The van der Waals surface area contributed by atoms with E-state index < -0.39 is 0 Å². The van der Waals surface area contributed by atoms with Crippen molar-refractivity contribution in [1.29, 1.82) is 0 Å². The molecule has 1 heterocycles. The van der Waals surface area contributed by atoms with Crippen LogP contribution in [0.5, 0.6) is 0 Å². The maximum atomic E-state index is 8.71. The summed E-state index contributed by atoms with van der Waals surface area (Å²) >= 11 is 3.39. The van der Waals surface area contributed by atoms with E-state index in [-0.39, 0.29) is 6.61 Å². The molecule has 0 bridgehead atoms. The van der Waals surface area contributed by atoms with Gasteiger partial charge in [-0.3, -0.25) is 0 Å². The van der Waals surface area contributed by atoms with E-state index in [2.05, 4.69) is 21.1 Å². The standard InChI is InChI=1S/C12H12BrNO2/c13-10-5-3-9(4-6-10)12-8-11(16-14-12)2-1-7-15/h3-6,8,15H,1-2,7H2. The minimum Gasteiger partial charge on any atom is -0.396 e. The summed E-state index contributed by atoms with van der Waals surface area (Å²) in [6.45, 7) is 0.175. The number of aliphatic hydroxyl groups is 1. The van der Waals surface area contributed by atoms with Crippen molar-refractivity contribution < 1.29 is 9.63 Å². The second kappa shape index (κ2) is 5.27. The van der Waals surface area contributed by atoms with Crippen LogP contribution in [0.15, 0.2) is 39.3 Å². The molecular weight excluding hydrogens is 270 g/mol. The summed E-state index contributed by atoms with van der Waals surface area (Å²) in [6.07, 6.45) is 1.43. The van der Waals surface area contributed by atoms with Gasteiger partial charge < -0.3 is 9.63 Å². The molecule has 0 aliphatic carbocycles. The Kier molecular flexibility index (Phi) is 3.74. The van der Waals surface area contributed by atoms with Crippen LogP contribution in [0.4, 0.5) is 0 Å². The highest BCUT2D eigenvalue weighted by atomic mass is 79.9. The van der Waals surface area contributed by atoms with Gasteiger partial charge in [-0.25, -0.2) is 0 Å². The highest BCUT2D eigenvalue weighted by Crippen LogP contribution is 2.21. The fourth-order valence-electron chi connectivity index (χ4n) is 1.44. The Hall–Kier alpha value is -1.13. The molecule has 1 aromatic carbocycles. The Morgan fingerprint density at radius 1 is 1.25 bits per heavy atom. The predicted molar refractivity (Wildman–Crippen MR) is 65.0 cm³/mol. The van der Waals surface area contributed by atoms with Crippen molar-refractivity contribution in [3.63, 3.8) is 0 Å². The number of aliphatic hydroxyl groups excluding tert-OH is 1. The molecule has 84 valence electrons. The van der Waals surface area contributed by atoms with Gasteiger partial charge in [0.1, 0.15) is 11.5 Å². The van der Waals surface area contributed by atoms with Crippen molar-refractivity contribution in [1.82, 2.24) is 5.16 Å². The van der Waals surface area contributed by atoms with Crippen LogP contribution in [-0.4, -0.2) is 16.9 Å². The molecule has 16 heavy (non-hydrogen) atoms. The van der Waals surface area contributed by atoms with Gasteiger partial charge in [0.2, 0.25) is 0 Å². The molecule has 0 saturated heterocycles. The molecule has 0 spiro atoms. The molecule has 0 atom stereocenters. The Morgan fingerprint density at radius 3 is 2.69 bits per heavy atom. The zero-order valence-corrected chi connectivity index (χ0v) is 10.3. The van der Waals surface area contributed by atoms with E-state index in [4.69, 9.17) is 9.63 Å². The smallest absolute Gasteiger partial charge is 0.137 e. The van der Waals surface area contributed by atoms with E-state index in [0.717, 1.165) is 27.9 Å². The molecule has 4 heteroatoms. The van der Waals surface area contributed by atoms with Crippen molar-refractivity contribution in [2.24, 2.45) is 0 Å². The first-order chi connectivity index (χ1) is 7.79. The number of halogens is 1. The third-order valence-electron chi connectivity index (χ3n) is 2.28. The number of rotatable bonds is 4. The third-order valence-corrected chi connectivity index (χ3v) is 2.81. The van der Waals surface area contributed by atoms with E-state index in [9.17, 15) is 0 Å². The van der Waals surface area contributed by atoms with Crippen LogP contribution >= 0.6 is 15.9 Å². The van der Waals surface area contributed by atoms with E-state index in [0.29, 0.717) is 6.42 Å². The number of nitrogens with zero attached hydrogens (tertiary/aromatic N) is 1. The quantitative estimate of drug-likeness (QED) is 0.937. The number of benzene rings is 1. The van der Waals surface area contributed by atoms with Gasteiger partial charge in [-0.05, 0) is 18.6 Å². The topological polar surface area (TPSA) is 46.3 Å². The maximum Gasteiger partial charge on any atom is 0.137 e. The predicted octanol–water partition coefficient (Wildman–Crippen LogP) is 3.03. The van der Waals surface area contributed by atoms with Crippen molar-refractivity contribution in [2.45, 2.75) is 12.8 Å². The largest absolute Gasteiger partial charge is 0.396 e. The van der Waals surface area contributed by atoms with Gasteiger partial charge in [0.25, 0.3) is 0 Å². The lowest BCUT2D eigenvalue weighted by Crippen LogP contribution is -1.86. The highest BCUT2D eigenvalue weighted by Gasteiger charge is 2.05. The van der Waals surface area contributed by atoms with Crippen molar-refractivity contribution in [3.8, 4) is 11.3 Å². The van der Waals surface area contributed by atoms with E-state index in [1.807, 2.05) is 30.3 Å². The molecule has 0 amide bonds. The van der Waals surface area contributed by atoms with Crippen LogP contribution in [-0.2, 0) is 6.42 Å². The molecule has 3 nitrogen and oxygen atoms in total. The summed E-state index contributed by atoms with van der Waals surface area (Å²) in [6, 6.07) is 9.82. The van der Waals surface area contributed by atoms with Gasteiger partial charge in [0.05, 0.1) is 0 Å². The first kappa shape index (κ1) is 11.4. The number of hydrogen-bond acceptors (Lipinski definition) is 3.